The van der Waals surface area contributed by atoms with Crippen molar-refractivity contribution in [2.75, 3.05) is 6.61 Å². The number of thiophene rings is 1. The van der Waals surface area contributed by atoms with Crippen LogP contribution in [0.25, 0.3) is 10.1 Å². The largest absolute Gasteiger partial charge is 0.479 e. The maximum Gasteiger partial charge on any atom is 0.331 e. The summed E-state index contributed by atoms with van der Waals surface area (Å²) < 4.78 is 1.10. The molecule has 0 amide bonds. The Morgan fingerprint density at radius 1 is 1.33 bits per heavy atom. The Bertz CT molecular complexity index is 847. The van der Waals surface area contributed by atoms with Gasteiger partial charge < -0.3 is 5.11 Å². The van der Waals surface area contributed by atoms with Crippen molar-refractivity contribution < 1.29 is 14.7 Å². The van der Waals surface area contributed by atoms with Crippen LogP contribution < -0.4 is 5.48 Å². The molecule has 24 heavy (non-hydrogen) atoms. The molecule has 5 nitrogen and oxygen atoms in total. The first-order valence-corrected chi connectivity index (χ1v) is 8.92. The number of aliphatic carboxylic acids is 1. The van der Waals surface area contributed by atoms with E-state index in [1.807, 2.05) is 12.4 Å². The van der Waals surface area contributed by atoms with Gasteiger partial charge in [-0.25, -0.2) is 4.79 Å². The molecule has 124 valence electrons. The average molecular weight is 360 g/mol. The molecule has 0 radical (unpaired) electrons. The predicted molar refractivity (Wildman–Crippen MR) is 95.3 cm³/mol. The lowest BCUT2D eigenvalue weighted by Crippen LogP contribution is -2.18. The van der Waals surface area contributed by atoms with Crippen molar-refractivity contribution in [1.82, 2.24) is 10.5 Å². The van der Waals surface area contributed by atoms with Crippen molar-refractivity contribution in [3.05, 3.63) is 53.2 Å². The van der Waals surface area contributed by atoms with Crippen molar-refractivity contribution in [2.45, 2.75) is 23.3 Å². The Labute approximate surface area is 147 Å². The molecule has 0 atom stereocenters. The number of hydrogen-bond acceptors (Lipinski definition) is 6. The molecule has 3 aromatic rings. The SMILES string of the molecule is Cc1ccc(Sc2cncc3sc(CNOCC(=O)O)cc23)cc1. The van der Waals surface area contributed by atoms with Crippen LogP contribution in [0, 0.1) is 6.92 Å². The van der Waals surface area contributed by atoms with E-state index in [9.17, 15) is 4.79 Å². The van der Waals surface area contributed by atoms with Gasteiger partial charge >= 0.3 is 5.97 Å². The van der Waals surface area contributed by atoms with Crippen LogP contribution in [0.5, 0.6) is 0 Å². The molecule has 0 spiro atoms. The molecule has 2 N–H and O–H groups in total. The van der Waals surface area contributed by atoms with Gasteiger partial charge in [0, 0.05) is 32.4 Å². The minimum Gasteiger partial charge on any atom is -0.479 e. The van der Waals surface area contributed by atoms with Gasteiger partial charge in [-0.3, -0.25) is 9.82 Å². The molecule has 0 fully saturated rings. The summed E-state index contributed by atoms with van der Waals surface area (Å²) in [6.45, 7) is 2.17. The molecule has 0 aliphatic heterocycles. The highest BCUT2D eigenvalue weighted by atomic mass is 32.2. The summed E-state index contributed by atoms with van der Waals surface area (Å²) in [5, 5.41) is 9.69. The number of aryl methyl sites for hydroxylation is 1. The molecule has 3 rings (SSSR count). The zero-order chi connectivity index (χ0) is 16.9. The molecule has 1 aromatic carbocycles. The molecule has 2 heterocycles. The van der Waals surface area contributed by atoms with Crippen LogP contribution in [0.4, 0.5) is 0 Å². The van der Waals surface area contributed by atoms with Crippen LogP contribution in [0.1, 0.15) is 10.4 Å². The van der Waals surface area contributed by atoms with Gasteiger partial charge in [-0.15, -0.1) is 11.3 Å². The Kier molecular flexibility index (Phi) is 5.47. The van der Waals surface area contributed by atoms with Crippen LogP contribution >= 0.6 is 23.1 Å². The lowest BCUT2D eigenvalue weighted by atomic mass is 10.2. The van der Waals surface area contributed by atoms with Gasteiger partial charge in [0.2, 0.25) is 0 Å². The number of fused-ring (bicyclic) bond motifs is 1. The number of benzene rings is 1. The summed E-state index contributed by atoms with van der Waals surface area (Å²) in [6, 6.07) is 10.5. The van der Waals surface area contributed by atoms with Crippen molar-refractivity contribution >= 4 is 39.2 Å². The zero-order valence-electron chi connectivity index (χ0n) is 13.0. The van der Waals surface area contributed by atoms with E-state index in [1.54, 1.807) is 23.1 Å². The number of hydrogen-bond donors (Lipinski definition) is 2. The van der Waals surface area contributed by atoms with E-state index >= 15 is 0 Å². The fraction of sp³-hybridized carbons (Fsp3) is 0.176. The number of nitrogens with zero attached hydrogens (tertiary/aromatic N) is 1. The lowest BCUT2D eigenvalue weighted by Gasteiger charge is -2.03. The highest BCUT2D eigenvalue weighted by Crippen LogP contribution is 2.36. The predicted octanol–water partition coefficient (Wildman–Crippen LogP) is 3.86. The minimum atomic E-state index is -1.00. The Morgan fingerprint density at radius 2 is 2.12 bits per heavy atom. The van der Waals surface area contributed by atoms with Crippen molar-refractivity contribution in [1.29, 1.82) is 0 Å². The lowest BCUT2D eigenvalue weighted by molar-refractivity contribution is -0.145. The van der Waals surface area contributed by atoms with Gasteiger partial charge in [-0.1, -0.05) is 29.5 Å². The highest BCUT2D eigenvalue weighted by Gasteiger charge is 2.09. The number of carbonyl (C=O) groups is 1. The first-order chi connectivity index (χ1) is 11.6. The van der Waals surface area contributed by atoms with E-state index in [2.05, 4.69) is 47.7 Å². The van der Waals surface area contributed by atoms with Gasteiger partial charge in [0.25, 0.3) is 0 Å². The first-order valence-electron chi connectivity index (χ1n) is 7.29. The highest BCUT2D eigenvalue weighted by molar-refractivity contribution is 7.99. The fourth-order valence-electron chi connectivity index (χ4n) is 2.13. The normalized spacial score (nSPS) is 11.0. The zero-order valence-corrected chi connectivity index (χ0v) is 14.6. The quantitative estimate of drug-likeness (QED) is 0.492. The van der Waals surface area contributed by atoms with Gasteiger partial charge in [-0.2, -0.15) is 5.48 Å². The van der Waals surface area contributed by atoms with Crippen LogP contribution in [-0.2, 0) is 16.2 Å². The molecule has 0 saturated carbocycles. The van der Waals surface area contributed by atoms with E-state index in [0.717, 1.165) is 19.9 Å². The van der Waals surface area contributed by atoms with Crippen LogP contribution in [-0.4, -0.2) is 22.7 Å². The van der Waals surface area contributed by atoms with E-state index in [0.29, 0.717) is 6.54 Å². The summed E-state index contributed by atoms with van der Waals surface area (Å²) in [5.41, 5.74) is 3.91. The van der Waals surface area contributed by atoms with Gasteiger partial charge in [0.15, 0.2) is 6.61 Å². The number of rotatable bonds is 7. The molecule has 2 aromatic heterocycles. The van der Waals surface area contributed by atoms with Crippen molar-refractivity contribution in [3.8, 4) is 0 Å². The first kappa shape index (κ1) is 16.9. The second-order valence-corrected chi connectivity index (χ2v) is 7.46. The van der Waals surface area contributed by atoms with E-state index in [-0.39, 0.29) is 6.61 Å². The Hall–Kier alpha value is -1.93. The summed E-state index contributed by atoms with van der Waals surface area (Å²) in [4.78, 5) is 22.9. The topological polar surface area (TPSA) is 71.5 Å². The summed E-state index contributed by atoms with van der Waals surface area (Å²) in [7, 11) is 0. The van der Waals surface area contributed by atoms with Crippen LogP contribution in [0.2, 0.25) is 0 Å². The monoisotopic (exact) mass is 360 g/mol. The number of nitrogens with one attached hydrogen (secondary N) is 1. The molecule has 0 unspecified atom stereocenters. The third-order valence-corrected chi connectivity index (χ3v) is 5.38. The minimum absolute atomic E-state index is 0.360. The Morgan fingerprint density at radius 3 is 2.88 bits per heavy atom. The van der Waals surface area contributed by atoms with Crippen molar-refractivity contribution in [3.63, 3.8) is 0 Å². The second-order valence-electron chi connectivity index (χ2n) is 5.18. The maximum atomic E-state index is 10.4. The molecular weight excluding hydrogens is 344 g/mol. The smallest absolute Gasteiger partial charge is 0.331 e. The van der Waals surface area contributed by atoms with E-state index < -0.39 is 5.97 Å². The summed E-state index contributed by atoms with van der Waals surface area (Å²) in [6.07, 6.45) is 3.72. The molecular formula is C17H16N2O3S2. The third kappa shape index (κ3) is 4.33. The van der Waals surface area contributed by atoms with E-state index in [1.165, 1.54) is 10.5 Å². The van der Waals surface area contributed by atoms with Crippen LogP contribution in [0.3, 0.4) is 0 Å². The number of hydroxylamine groups is 1. The average Bonchev–Trinajstić information content (AvgIpc) is 2.98. The summed E-state index contributed by atoms with van der Waals surface area (Å²) in [5.74, 6) is -1.00. The maximum absolute atomic E-state index is 10.4. The number of aromatic nitrogens is 1. The van der Waals surface area contributed by atoms with Gasteiger partial charge in [0.1, 0.15) is 0 Å². The molecule has 7 heteroatoms. The summed E-state index contributed by atoms with van der Waals surface area (Å²) >= 11 is 3.30. The third-order valence-electron chi connectivity index (χ3n) is 3.25. The second kappa shape index (κ2) is 7.76. The van der Waals surface area contributed by atoms with Gasteiger partial charge in [-0.05, 0) is 25.1 Å². The standard InChI is InChI=1S/C17H16N2O3S2/c1-11-2-4-12(5-3-11)23-15-8-18-9-16-14(15)6-13(24-16)7-19-22-10-17(20)21/h2-6,8-9,19H,7,10H2,1H3,(H,20,21). The Balaban J connectivity index is 1.74. The molecule has 0 aliphatic rings. The number of pyridine rings is 1. The van der Waals surface area contributed by atoms with Crippen LogP contribution in [0.15, 0.2) is 52.5 Å². The van der Waals surface area contributed by atoms with Gasteiger partial charge in [0.05, 0.1) is 11.2 Å². The fourth-order valence-corrected chi connectivity index (χ4v) is 4.09. The van der Waals surface area contributed by atoms with E-state index in [4.69, 9.17) is 9.94 Å². The number of carboxylic acids is 1. The van der Waals surface area contributed by atoms with Crippen molar-refractivity contribution in [2.24, 2.45) is 0 Å². The molecule has 0 bridgehead atoms. The molecule has 0 saturated heterocycles. The number of carboxylic acid groups (broad SMARTS) is 1. The molecule has 0 aliphatic carbocycles.